The number of halogens is 1. The first-order valence-corrected chi connectivity index (χ1v) is 10.9. The molecule has 1 unspecified atom stereocenters. The molecule has 6 heteroatoms. The standard InChI is InChI=1S/C23H29FN2O2S/c1-5-25-23(28)18(4)26(13-19-6-8-21(24)9-7-19)22(27)15-29-14-20-11-16(2)10-17(3)12-20/h6-12,18H,5,13-15H2,1-4H3,(H,25,28). The highest BCUT2D eigenvalue weighted by molar-refractivity contribution is 7.99. The molecular weight excluding hydrogens is 387 g/mol. The second-order valence-corrected chi connectivity index (χ2v) is 8.19. The minimum Gasteiger partial charge on any atom is -0.355 e. The number of thioether (sulfide) groups is 1. The van der Waals surface area contributed by atoms with Crippen LogP contribution in [0.3, 0.4) is 0 Å². The third-order valence-corrected chi connectivity index (χ3v) is 5.55. The minimum atomic E-state index is -0.602. The highest BCUT2D eigenvalue weighted by atomic mass is 32.2. The number of aryl methyl sites for hydroxylation is 2. The van der Waals surface area contributed by atoms with Crippen LogP contribution in [0.4, 0.5) is 4.39 Å². The fourth-order valence-electron chi connectivity index (χ4n) is 3.18. The first kappa shape index (κ1) is 22.9. The fraction of sp³-hybridized carbons (Fsp3) is 0.391. The molecule has 2 rings (SSSR count). The number of rotatable bonds is 9. The number of amides is 2. The molecular formula is C23H29FN2O2S. The Morgan fingerprint density at radius 3 is 2.28 bits per heavy atom. The van der Waals surface area contributed by atoms with Crippen LogP contribution >= 0.6 is 11.8 Å². The van der Waals surface area contributed by atoms with Crippen LogP contribution in [-0.2, 0) is 21.9 Å². The van der Waals surface area contributed by atoms with Crippen molar-refractivity contribution in [1.29, 1.82) is 0 Å². The maximum Gasteiger partial charge on any atom is 0.242 e. The number of hydrogen-bond donors (Lipinski definition) is 1. The average Bonchev–Trinajstić information content (AvgIpc) is 2.66. The molecule has 1 N–H and O–H groups in total. The summed E-state index contributed by atoms with van der Waals surface area (Å²) < 4.78 is 13.2. The van der Waals surface area contributed by atoms with Gasteiger partial charge in [-0.05, 0) is 51.0 Å². The van der Waals surface area contributed by atoms with Crippen LogP contribution in [0, 0.1) is 19.7 Å². The van der Waals surface area contributed by atoms with Crippen molar-refractivity contribution in [3.63, 3.8) is 0 Å². The molecule has 0 fully saturated rings. The Morgan fingerprint density at radius 2 is 1.69 bits per heavy atom. The molecule has 0 spiro atoms. The molecule has 0 heterocycles. The zero-order valence-corrected chi connectivity index (χ0v) is 18.3. The lowest BCUT2D eigenvalue weighted by atomic mass is 10.1. The van der Waals surface area contributed by atoms with E-state index in [0.717, 1.165) is 11.3 Å². The van der Waals surface area contributed by atoms with Gasteiger partial charge in [-0.1, -0.05) is 41.5 Å². The molecule has 0 aromatic heterocycles. The molecule has 0 saturated carbocycles. The van der Waals surface area contributed by atoms with Gasteiger partial charge in [0.1, 0.15) is 11.9 Å². The summed E-state index contributed by atoms with van der Waals surface area (Å²) >= 11 is 1.53. The average molecular weight is 417 g/mol. The van der Waals surface area contributed by atoms with Crippen molar-refractivity contribution in [3.05, 3.63) is 70.5 Å². The van der Waals surface area contributed by atoms with E-state index in [9.17, 15) is 14.0 Å². The predicted octanol–water partition coefficient (Wildman–Crippen LogP) is 4.23. The Labute approximate surface area is 176 Å². The molecule has 0 aliphatic heterocycles. The lowest BCUT2D eigenvalue weighted by Gasteiger charge is -2.28. The molecule has 2 amide bonds. The highest BCUT2D eigenvalue weighted by Crippen LogP contribution is 2.18. The van der Waals surface area contributed by atoms with Crippen LogP contribution < -0.4 is 5.32 Å². The summed E-state index contributed by atoms with van der Waals surface area (Å²) in [6, 6.07) is 11.8. The SMILES string of the molecule is CCNC(=O)C(C)N(Cc1ccc(F)cc1)C(=O)CSCc1cc(C)cc(C)c1. The second-order valence-electron chi connectivity index (χ2n) is 7.21. The van der Waals surface area contributed by atoms with E-state index in [1.807, 2.05) is 6.92 Å². The van der Waals surface area contributed by atoms with Gasteiger partial charge in [-0.25, -0.2) is 4.39 Å². The van der Waals surface area contributed by atoms with Gasteiger partial charge in [0.15, 0.2) is 0 Å². The van der Waals surface area contributed by atoms with Crippen molar-refractivity contribution >= 4 is 23.6 Å². The third-order valence-electron chi connectivity index (χ3n) is 4.56. The fourth-order valence-corrected chi connectivity index (χ4v) is 4.03. The molecule has 0 saturated heterocycles. The van der Waals surface area contributed by atoms with Crippen molar-refractivity contribution in [3.8, 4) is 0 Å². The van der Waals surface area contributed by atoms with E-state index in [0.29, 0.717) is 6.54 Å². The summed E-state index contributed by atoms with van der Waals surface area (Å²) in [5.41, 5.74) is 4.38. The van der Waals surface area contributed by atoms with E-state index < -0.39 is 6.04 Å². The van der Waals surface area contributed by atoms with Gasteiger partial charge < -0.3 is 10.2 Å². The molecule has 29 heavy (non-hydrogen) atoms. The van der Waals surface area contributed by atoms with Gasteiger partial charge in [0.2, 0.25) is 11.8 Å². The summed E-state index contributed by atoms with van der Waals surface area (Å²) in [7, 11) is 0. The maximum absolute atomic E-state index is 13.2. The predicted molar refractivity (Wildman–Crippen MR) is 117 cm³/mol. The van der Waals surface area contributed by atoms with E-state index in [1.165, 1.54) is 40.6 Å². The second kappa shape index (κ2) is 11.0. The number of carbonyl (C=O) groups excluding carboxylic acids is 2. The maximum atomic E-state index is 13.2. The van der Waals surface area contributed by atoms with Crippen molar-refractivity contribution in [2.24, 2.45) is 0 Å². The lowest BCUT2D eigenvalue weighted by Crippen LogP contribution is -2.48. The molecule has 2 aromatic carbocycles. The number of carbonyl (C=O) groups is 2. The van der Waals surface area contributed by atoms with Gasteiger partial charge in [0, 0.05) is 18.8 Å². The van der Waals surface area contributed by atoms with Crippen molar-refractivity contribution < 1.29 is 14.0 Å². The van der Waals surface area contributed by atoms with Crippen LogP contribution in [0.25, 0.3) is 0 Å². The molecule has 156 valence electrons. The van der Waals surface area contributed by atoms with Crippen molar-refractivity contribution in [2.75, 3.05) is 12.3 Å². The quantitative estimate of drug-likeness (QED) is 0.666. The third kappa shape index (κ3) is 7.20. The Morgan fingerprint density at radius 1 is 1.07 bits per heavy atom. The molecule has 1 atom stereocenters. The molecule has 0 bridgehead atoms. The van der Waals surface area contributed by atoms with Crippen LogP contribution in [0.5, 0.6) is 0 Å². The summed E-state index contributed by atoms with van der Waals surface area (Å²) in [4.78, 5) is 26.8. The summed E-state index contributed by atoms with van der Waals surface area (Å²) in [5, 5.41) is 2.77. The zero-order chi connectivity index (χ0) is 21.4. The van der Waals surface area contributed by atoms with Gasteiger partial charge in [0.25, 0.3) is 0 Å². The van der Waals surface area contributed by atoms with E-state index in [1.54, 1.807) is 24.0 Å². The molecule has 0 aliphatic carbocycles. The Kier molecular flexibility index (Phi) is 8.70. The number of benzene rings is 2. The monoisotopic (exact) mass is 416 g/mol. The minimum absolute atomic E-state index is 0.109. The first-order valence-electron chi connectivity index (χ1n) is 9.76. The van der Waals surface area contributed by atoms with Gasteiger partial charge in [0.05, 0.1) is 5.75 Å². The molecule has 0 radical (unpaired) electrons. The highest BCUT2D eigenvalue weighted by Gasteiger charge is 2.25. The summed E-state index contributed by atoms with van der Waals surface area (Å²) in [5.74, 6) is 0.378. The van der Waals surface area contributed by atoms with Gasteiger partial charge >= 0.3 is 0 Å². The largest absolute Gasteiger partial charge is 0.355 e. The normalized spacial score (nSPS) is 11.8. The van der Waals surface area contributed by atoms with Crippen molar-refractivity contribution in [2.45, 2.75) is 46.0 Å². The number of nitrogens with one attached hydrogen (secondary N) is 1. The van der Waals surface area contributed by atoms with Crippen molar-refractivity contribution in [1.82, 2.24) is 10.2 Å². The Hall–Kier alpha value is -2.34. The molecule has 2 aromatic rings. The smallest absolute Gasteiger partial charge is 0.242 e. The van der Waals surface area contributed by atoms with Crippen LogP contribution in [-0.4, -0.2) is 35.1 Å². The van der Waals surface area contributed by atoms with Gasteiger partial charge in [-0.3, -0.25) is 9.59 Å². The number of hydrogen-bond acceptors (Lipinski definition) is 3. The Balaban J connectivity index is 2.06. The van der Waals surface area contributed by atoms with Gasteiger partial charge in [-0.2, -0.15) is 0 Å². The van der Waals surface area contributed by atoms with Crippen LogP contribution in [0.2, 0.25) is 0 Å². The zero-order valence-electron chi connectivity index (χ0n) is 17.5. The number of nitrogens with zero attached hydrogens (tertiary/aromatic N) is 1. The van der Waals surface area contributed by atoms with Crippen LogP contribution in [0.1, 0.15) is 36.1 Å². The van der Waals surface area contributed by atoms with E-state index in [4.69, 9.17) is 0 Å². The van der Waals surface area contributed by atoms with E-state index in [-0.39, 0.29) is 29.9 Å². The molecule has 4 nitrogen and oxygen atoms in total. The summed E-state index contributed by atoms with van der Waals surface area (Å²) in [6.07, 6.45) is 0. The lowest BCUT2D eigenvalue weighted by molar-refractivity contribution is -0.138. The van der Waals surface area contributed by atoms with Gasteiger partial charge in [-0.15, -0.1) is 11.8 Å². The Bertz CT molecular complexity index is 819. The van der Waals surface area contributed by atoms with Crippen LogP contribution in [0.15, 0.2) is 42.5 Å². The summed E-state index contributed by atoms with van der Waals surface area (Å²) in [6.45, 7) is 8.46. The first-order chi connectivity index (χ1) is 13.8. The topological polar surface area (TPSA) is 49.4 Å². The molecule has 0 aliphatic rings. The van der Waals surface area contributed by atoms with E-state index in [2.05, 4.69) is 37.4 Å². The number of likely N-dealkylation sites (N-methyl/N-ethyl adjacent to an activating group) is 1. The van der Waals surface area contributed by atoms with E-state index >= 15 is 0 Å².